The third-order valence-electron chi connectivity index (χ3n) is 4.03. The quantitative estimate of drug-likeness (QED) is 0.390. The van der Waals surface area contributed by atoms with Crippen molar-refractivity contribution in [3.63, 3.8) is 0 Å². The van der Waals surface area contributed by atoms with Gasteiger partial charge in [0.15, 0.2) is 6.29 Å². The molecule has 0 radical (unpaired) electrons. The predicted octanol–water partition coefficient (Wildman–Crippen LogP) is 3.43. The lowest BCUT2D eigenvalue weighted by molar-refractivity contribution is -0.384. The molecule has 7 nitrogen and oxygen atoms in total. The Hall–Kier alpha value is -3.35. The summed E-state index contributed by atoms with van der Waals surface area (Å²) >= 11 is 0. The second-order valence-electron chi connectivity index (χ2n) is 5.48. The molecule has 128 valence electrons. The Morgan fingerprint density at radius 1 is 1.16 bits per heavy atom. The van der Waals surface area contributed by atoms with Crippen LogP contribution in [0.2, 0.25) is 0 Å². The summed E-state index contributed by atoms with van der Waals surface area (Å²) in [7, 11) is 3.10. The minimum Gasteiger partial charge on any atom is -0.497 e. The van der Waals surface area contributed by atoms with E-state index in [0.29, 0.717) is 29.0 Å². The molecule has 3 aromatic rings. The van der Waals surface area contributed by atoms with Crippen LogP contribution in [0.15, 0.2) is 42.6 Å². The first-order chi connectivity index (χ1) is 12.1. The second kappa shape index (κ2) is 6.64. The van der Waals surface area contributed by atoms with Gasteiger partial charge in [-0.3, -0.25) is 14.9 Å². The Kier molecular flexibility index (Phi) is 4.38. The van der Waals surface area contributed by atoms with Gasteiger partial charge in [0.05, 0.1) is 30.0 Å². The standard InChI is InChI=1S/C18H16N2O5/c1-24-15-7-16-18(17(8-15)25-2)13(11-21)10-19(16)9-12-3-5-14(6-4-12)20(22)23/h3-8,10-11H,9H2,1-2H3. The van der Waals surface area contributed by atoms with Crippen LogP contribution in [0, 0.1) is 10.1 Å². The van der Waals surface area contributed by atoms with Crippen LogP contribution in [0.25, 0.3) is 10.9 Å². The number of non-ortho nitro benzene ring substituents is 1. The Bertz CT molecular complexity index is 944. The van der Waals surface area contributed by atoms with Crippen LogP contribution < -0.4 is 9.47 Å². The summed E-state index contributed by atoms with van der Waals surface area (Å²) in [5.41, 5.74) is 2.22. The third-order valence-corrected chi connectivity index (χ3v) is 4.03. The van der Waals surface area contributed by atoms with Crippen LogP contribution >= 0.6 is 0 Å². The molecule has 0 fully saturated rings. The molecule has 0 saturated carbocycles. The maximum atomic E-state index is 11.5. The van der Waals surface area contributed by atoms with Crippen LogP contribution in [-0.2, 0) is 6.54 Å². The Balaban J connectivity index is 2.09. The minimum absolute atomic E-state index is 0.0398. The van der Waals surface area contributed by atoms with Crippen molar-refractivity contribution in [2.45, 2.75) is 6.54 Å². The van der Waals surface area contributed by atoms with Gasteiger partial charge in [-0.05, 0) is 5.56 Å². The average Bonchev–Trinajstić information content (AvgIpc) is 2.99. The monoisotopic (exact) mass is 340 g/mol. The van der Waals surface area contributed by atoms with Crippen molar-refractivity contribution >= 4 is 22.9 Å². The van der Waals surface area contributed by atoms with Crippen molar-refractivity contribution in [1.29, 1.82) is 0 Å². The zero-order valence-electron chi connectivity index (χ0n) is 13.8. The molecular weight excluding hydrogens is 324 g/mol. The number of rotatable bonds is 6. The molecule has 2 aromatic carbocycles. The van der Waals surface area contributed by atoms with E-state index in [1.54, 1.807) is 31.5 Å². The molecule has 1 aromatic heterocycles. The van der Waals surface area contributed by atoms with Gasteiger partial charge in [-0.25, -0.2) is 0 Å². The largest absolute Gasteiger partial charge is 0.497 e. The zero-order valence-corrected chi connectivity index (χ0v) is 13.8. The number of fused-ring (bicyclic) bond motifs is 1. The van der Waals surface area contributed by atoms with Gasteiger partial charge in [0.1, 0.15) is 11.5 Å². The number of aldehydes is 1. The van der Waals surface area contributed by atoms with Crippen LogP contribution in [-0.4, -0.2) is 30.0 Å². The fourth-order valence-electron chi connectivity index (χ4n) is 2.81. The van der Waals surface area contributed by atoms with Gasteiger partial charge in [0.2, 0.25) is 0 Å². The van der Waals surface area contributed by atoms with Gasteiger partial charge in [0.25, 0.3) is 5.69 Å². The van der Waals surface area contributed by atoms with E-state index >= 15 is 0 Å². The molecule has 0 bridgehead atoms. The topological polar surface area (TPSA) is 83.6 Å². The number of nitrogens with zero attached hydrogens (tertiary/aromatic N) is 2. The van der Waals surface area contributed by atoms with E-state index in [1.807, 2.05) is 10.6 Å². The molecule has 0 aliphatic rings. The second-order valence-corrected chi connectivity index (χ2v) is 5.48. The Morgan fingerprint density at radius 3 is 2.44 bits per heavy atom. The van der Waals surface area contributed by atoms with Crippen molar-refractivity contribution in [1.82, 2.24) is 4.57 Å². The van der Waals surface area contributed by atoms with Gasteiger partial charge < -0.3 is 14.0 Å². The SMILES string of the molecule is COc1cc(OC)c2c(C=O)cn(Cc3ccc([N+](=O)[O-])cc3)c2c1. The molecule has 0 unspecified atom stereocenters. The highest BCUT2D eigenvalue weighted by Crippen LogP contribution is 2.34. The van der Waals surface area contributed by atoms with E-state index in [2.05, 4.69) is 0 Å². The lowest BCUT2D eigenvalue weighted by Crippen LogP contribution is -1.99. The van der Waals surface area contributed by atoms with Crippen LogP contribution in [0.4, 0.5) is 5.69 Å². The highest BCUT2D eigenvalue weighted by molar-refractivity contribution is 6.02. The summed E-state index contributed by atoms with van der Waals surface area (Å²) in [4.78, 5) is 21.8. The van der Waals surface area contributed by atoms with Crippen molar-refractivity contribution < 1.29 is 19.2 Å². The van der Waals surface area contributed by atoms with Crippen molar-refractivity contribution in [3.05, 3.63) is 63.8 Å². The number of carbonyl (C=O) groups is 1. The van der Waals surface area contributed by atoms with Gasteiger partial charge in [-0.1, -0.05) is 12.1 Å². The summed E-state index contributed by atoms with van der Waals surface area (Å²) in [6.07, 6.45) is 2.52. The average molecular weight is 340 g/mol. The van der Waals surface area contributed by atoms with E-state index in [0.717, 1.165) is 17.4 Å². The molecule has 3 rings (SSSR count). The van der Waals surface area contributed by atoms with Crippen LogP contribution in [0.3, 0.4) is 0 Å². The van der Waals surface area contributed by atoms with E-state index in [-0.39, 0.29) is 5.69 Å². The molecule has 0 aliphatic heterocycles. The first-order valence-corrected chi connectivity index (χ1v) is 7.50. The molecule has 7 heteroatoms. The fourth-order valence-corrected chi connectivity index (χ4v) is 2.81. The van der Waals surface area contributed by atoms with E-state index in [4.69, 9.17) is 9.47 Å². The summed E-state index contributed by atoms with van der Waals surface area (Å²) in [5, 5.41) is 11.5. The normalized spacial score (nSPS) is 10.6. The summed E-state index contributed by atoms with van der Waals surface area (Å²) in [6, 6.07) is 9.87. The summed E-state index contributed by atoms with van der Waals surface area (Å²) < 4.78 is 12.6. The predicted molar refractivity (Wildman–Crippen MR) is 92.6 cm³/mol. The maximum absolute atomic E-state index is 11.5. The molecule has 25 heavy (non-hydrogen) atoms. The van der Waals surface area contributed by atoms with Gasteiger partial charge in [0, 0.05) is 42.6 Å². The molecule has 0 aliphatic carbocycles. The smallest absolute Gasteiger partial charge is 0.269 e. The lowest BCUT2D eigenvalue weighted by Gasteiger charge is -2.09. The maximum Gasteiger partial charge on any atom is 0.269 e. The van der Waals surface area contributed by atoms with Crippen LogP contribution in [0.5, 0.6) is 11.5 Å². The molecule has 0 saturated heterocycles. The molecule has 0 spiro atoms. The number of methoxy groups -OCH3 is 2. The fraction of sp³-hybridized carbons (Fsp3) is 0.167. The molecule has 0 N–H and O–H groups in total. The van der Waals surface area contributed by atoms with E-state index in [9.17, 15) is 14.9 Å². The number of benzene rings is 2. The van der Waals surface area contributed by atoms with E-state index < -0.39 is 4.92 Å². The lowest BCUT2D eigenvalue weighted by atomic mass is 10.1. The number of nitro groups is 1. The van der Waals surface area contributed by atoms with Crippen LogP contribution in [0.1, 0.15) is 15.9 Å². The third kappa shape index (κ3) is 3.03. The number of nitro benzene ring substituents is 1. The number of hydrogen-bond donors (Lipinski definition) is 0. The van der Waals surface area contributed by atoms with Crippen molar-refractivity contribution in [2.24, 2.45) is 0 Å². The van der Waals surface area contributed by atoms with Gasteiger partial charge in [-0.15, -0.1) is 0 Å². The number of ether oxygens (including phenoxy) is 2. The van der Waals surface area contributed by atoms with E-state index in [1.165, 1.54) is 19.2 Å². The Labute approximate surface area is 143 Å². The number of aromatic nitrogens is 1. The molecule has 0 amide bonds. The first-order valence-electron chi connectivity index (χ1n) is 7.50. The molecular formula is C18H16N2O5. The zero-order chi connectivity index (χ0) is 18.0. The Morgan fingerprint density at radius 2 is 1.88 bits per heavy atom. The summed E-state index contributed by atoms with van der Waals surface area (Å²) in [6.45, 7) is 0.457. The number of hydrogen-bond acceptors (Lipinski definition) is 5. The van der Waals surface area contributed by atoms with Crippen molar-refractivity contribution in [2.75, 3.05) is 14.2 Å². The summed E-state index contributed by atoms with van der Waals surface area (Å²) in [5.74, 6) is 1.17. The highest BCUT2D eigenvalue weighted by Gasteiger charge is 2.15. The van der Waals surface area contributed by atoms with Gasteiger partial charge >= 0.3 is 0 Å². The molecule has 1 heterocycles. The molecule has 0 atom stereocenters. The highest BCUT2D eigenvalue weighted by atomic mass is 16.6. The van der Waals surface area contributed by atoms with Gasteiger partial charge in [-0.2, -0.15) is 0 Å². The van der Waals surface area contributed by atoms with Crippen molar-refractivity contribution in [3.8, 4) is 11.5 Å². The minimum atomic E-state index is -0.435. The number of carbonyl (C=O) groups excluding carboxylic acids is 1. The first kappa shape index (κ1) is 16.5.